The van der Waals surface area contributed by atoms with Crippen LogP contribution >= 0.6 is 11.3 Å². The van der Waals surface area contributed by atoms with E-state index in [1.54, 1.807) is 0 Å². The summed E-state index contributed by atoms with van der Waals surface area (Å²) >= 11 is 1.41. The maximum absolute atomic E-state index is 12.4. The van der Waals surface area contributed by atoms with Crippen LogP contribution in [0.1, 0.15) is 38.7 Å². The van der Waals surface area contributed by atoms with Crippen molar-refractivity contribution in [1.29, 1.82) is 0 Å². The van der Waals surface area contributed by atoms with Crippen molar-refractivity contribution >= 4 is 28.2 Å². The van der Waals surface area contributed by atoms with Crippen LogP contribution in [0.25, 0.3) is 0 Å². The number of hydrogen-bond donors (Lipinski definition) is 2. The van der Waals surface area contributed by atoms with Gasteiger partial charge in [0, 0.05) is 4.88 Å². The number of aromatic amines is 1. The summed E-state index contributed by atoms with van der Waals surface area (Å²) in [5.41, 5.74) is 2.08. The number of methoxy groups -OCH3 is 1. The molecule has 2 N–H and O–H groups in total. The van der Waals surface area contributed by atoms with Gasteiger partial charge >= 0.3 is 11.6 Å². The Labute approximate surface area is 170 Å². The number of esters is 1. The highest BCUT2D eigenvalue weighted by molar-refractivity contribution is 7.17. The smallest absolute Gasteiger partial charge is 0.426 e. The number of hydrogen-bond acceptors (Lipinski definition) is 6. The van der Waals surface area contributed by atoms with Crippen LogP contribution in [0, 0.1) is 0 Å². The molecule has 8 nitrogen and oxygen atoms in total. The van der Waals surface area contributed by atoms with Crippen molar-refractivity contribution in [2.24, 2.45) is 0 Å². The van der Waals surface area contributed by atoms with E-state index in [0.717, 1.165) is 35.9 Å². The maximum atomic E-state index is 12.4. The molecular formula is C20H20N3O5S+. The summed E-state index contributed by atoms with van der Waals surface area (Å²) in [5.74, 6) is -0.460. The van der Waals surface area contributed by atoms with Crippen LogP contribution in [0.3, 0.4) is 0 Å². The van der Waals surface area contributed by atoms with E-state index in [4.69, 9.17) is 4.74 Å². The lowest BCUT2D eigenvalue weighted by Gasteiger charge is -2.22. The van der Waals surface area contributed by atoms with E-state index in [1.807, 2.05) is 18.2 Å². The van der Waals surface area contributed by atoms with Gasteiger partial charge in [-0.2, -0.15) is 0 Å². The van der Waals surface area contributed by atoms with E-state index in [9.17, 15) is 14.4 Å². The molecule has 2 aromatic heterocycles. The molecule has 1 aliphatic rings. The minimum atomic E-state index is -0.577. The van der Waals surface area contributed by atoms with Gasteiger partial charge in [0.2, 0.25) is 0 Å². The Bertz CT molecular complexity index is 1100. The van der Waals surface area contributed by atoms with Crippen molar-refractivity contribution < 1.29 is 23.5 Å². The fourth-order valence-corrected chi connectivity index (χ4v) is 5.02. The molecule has 0 saturated heterocycles. The molecule has 0 radical (unpaired) electrons. The fourth-order valence-electron chi connectivity index (χ4n) is 3.68. The zero-order chi connectivity index (χ0) is 20.4. The van der Waals surface area contributed by atoms with Gasteiger partial charge in [0.25, 0.3) is 18.6 Å². The zero-order valence-electron chi connectivity index (χ0n) is 15.8. The average Bonchev–Trinajstić information content (AvgIpc) is 3.29. The number of aromatic nitrogens is 2. The number of fused-ring (bicyclic) bond motifs is 1. The third-order valence-electron chi connectivity index (χ3n) is 5.02. The topological polar surface area (TPSA) is 105 Å². The summed E-state index contributed by atoms with van der Waals surface area (Å²) in [5, 5.41) is 5.59. The normalized spacial score (nSPS) is 15.6. The molecule has 1 unspecified atom stereocenters. The van der Waals surface area contributed by atoms with Gasteiger partial charge in [-0.15, -0.1) is 11.3 Å². The number of H-pyrrole nitrogens is 1. The molecule has 0 aliphatic heterocycles. The highest BCUT2D eigenvalue weighted by Gasteiger charge is 2.31. The molecule has 0 spiro atoms. The third kappa shape index (κ3) is 4.00. The van der Waals surface area contributed by atoms with E-state index < -0.39 is 11.6 Å². The number of rotatable bonds is 5. The molecule has 4 rings (SSSR count). The van der Waals surface area contributed by atoms with Crippen molar-refractivity contribution in [2.75, 3.05) is 12.4 Å². The highest BCUT2D eigenvalue weighted by atomic mass is 32.1. The summed E-state index contributed by atoms with van der Waals surface area (Å²) in [6.07, 6.45) is 3.63. The largest absolute Gasteiger partial charge is 0.465 e. The van der Waals surface area contributed by atoms with Gasteiger partial charge in [-0.3, -0.25) is 9.32 Å². The standard InChI is InChI=1S/C20H19N3O5S/c1-27-20(26)18-14-8-7-13(12-5-3-2-4-6-12)9-15(14)29-19(18)21-16(24)10-23-11-17(25)28-22-23/h2-6,11,13H,7-10H2,1H3,(H-,21,22,24,25,26)/p+1. The summed E-state index contributed by atoms with van der Waals surface area (Å²) in [6.45, 7) is -0.137. The second kappa shape index (κ2) is 8.04. The van der Waals surface area contributed by atoms with Crippen LogP contribution < -0.4 is 15.6 Å². The Morgan fingerprint density at radius 3 is 2.83 bits per heavy atom. The molecule has 9 heteroatoms. The van der Waals surface area contributed by atoms with Crippen molar-refractivity contribution in [3.8, 4) is 0 Å². The fraction of sp³-hybridized carbons (Fsp3) is 0.300. The van der Waals surface area contributed by atoms with Crippen molar-refractivity contribution in [3.63, 3.8) is 0 Å². The van der Waals surface area contributed by atoms with Crippen molar-refractivity contribution in [3.05, 3.63) is 68.5 Å². The SMILES string of the molecule is COC(=O)c1c(NC(=O)C[n+]2cc(=O)o[nH]2)sc2c1CCC(c1ccccc1)C2. The lowest BCUT2D eigenvalue weighted by atomic mass is 9.83. The van der Waals surface area contributed by atoms with E-state index in [-0.39, 0.29) is 12.5 Å². The molecule has 2 heterocycles. The van der Waals surface area contributed by atoms with Crippen LogP contribution in [0.15, 0.2) is 45.8 Å². The molecule has 29 heavy (non-hydrogen) atoms. The van der Waals surface area contributed by atoms with Crippen molar-refractivity contribution in [2.45, 2.75) is 31.7 Å². The lowest BCUT2D eigenvalue weighted by molar-refractivity contribution is -0.750. The van der Waals surface area contributed by atoms with Crippen molar-refractivity contribution in [1.82, 2.24) is 5.27 Å². The minimum absolute atomic E-state index is 0.137. The Kier molecular flexibility index (Phi) is 5.30. The first-order chi connectivity index (χ1) is 14.0. The number of carbonyl (C=O) groups excluding carboxylic acids is 2. The van der Waals surface area contributed by atoms with Gasteiger partial charge in [0.1, 0.15) is 5.00 Å². The first-order valence-electron chi connectivity index (χ1n) is 9.20. The predicted octanol–water partition coefficient (Wildman–Crippen LogP) is 2.01. The molecule has 1 amide bonds. The van der Waals surface area contributed by atoms with Crippen LogP contribution in [-0.4, -0.2) is 24.3 Å². The second-order valence-electron chi connectivity index (χ2n) is 6.87. The number of nitrogens with one attached hydrogen (secondary N) is 2. The summed E-state index contributed by atoms with van der Waals surface area (Å²) in [4.78, 5) is 37.0. The van der Waals surface area contributed by atoms with E-state index in [0.29, 0.717) is 16.5 Å². The van der Waals surface area contributed by atoms with Crippen LogP contribution in [0.2, 0.25) is 0 Å². The Morgan fingerprint density at radius 1 is 1.34 bits per heavy atom. The second-order valence-corrected chi connectivity index (χ2v) is 7.97. The lowest BCUT2D eigenvalue weighted by Crippen LogP contribution is -2.41. The molecule has 0 fully saturated rings. The van der Waals surface area contributed by atoms with E-state index in [2.05, 4.69) is 27.2 Å². The van der Waals surface area contributed by atoms with Gasteiger partial charge in [0.15, 0.2) is 0 Å². The molecular weight excluding hydrogens is 394 g/mol. The Morgan fingerprint density at radius 2 is 2.14 bits per heavy atom. The Balaban J connectivity index is 1.59. The third-order valence-corrected chi connectivity index (χ3v) is 6.19. The number of benzene rings is 1. The predicted molar refractivity (Wildman–Crippen MR) is 105 cm³/mol. The number of nitrogens with zero attached hydrogens (tertiary/aromatic N) is 1. The highest BCUT2D eigenvalue weighted by Crippen LogP contribution is 2.42. The number of anilines is 1. The minimum Gasteiger partial charge on any atom is -0.465 e. The van der Waals surface area contributed by atoms with Gasteiger partial charge in [0.05, 0.1) is 12.7 Å². The van der Waals surface area contributed by atoms with Crippen LogP contribution in [0.5, 0.6) is 0 Å². The van der Waals surface area contributed by atoms with Gasteiger partial charge < -0.3 is 10.1 Å². The quantitative estimate of drug-likeness (QED) is 0.491. The number of amides is 1. The molecule has 1 atom stereocenters. The molecule has 0 bridgehead atoms. The summed E-state index contributed by atoms with van der Waals surface area (Å²) in [7, 11) is 1.33. The van der Waals surface area contributed by atoms with Gasteiger partial charge in [-0.05, 0) is 41.6 Å². The molecule has 1 aliphatic carbocycles. The maximum Gasteiger partial charge on any atom is 0.426 e. The van der Waals surface area contributed by atoms with Crippen LogP contribution in [-0.2, 0) is 28.9 Å². The monoisotopic (exact) mass is 414 g/mol. The summed E-state index contributed by atoms with van der Waals surface area (Å²) in [6, 6.07) is 10.3. The van der Waals surface area contributed by atoms with Gasteiger partial charge in [-0.1, -0.05) is 35.0 Å². The average molecular weight is 414 g/mol. The van der Waals surface area contributed by atoms with E-state index >= 15 is 0 Å². The first kappa shape index (κ1) is 19.1. The van der Waals surface area contributed by atoms with Gasteiger partial charge in [-0.25, -0.2) is 9.59 Å². The number of carbonyl (C=O) groups is 2. The molecule has 1 aromatic carbocycles. The first-order valence-corrected chi connectivity index (χ1v) is 10.0. The van der Waals surface area contributed by atoms with Crippen LogP contribution in [0.4, 0.5) is 5.00 Å². The number of ether oxygens (including phenoxy) is 1. The molecule has 150 valence electrons. The Hall–Kier alpha value is -3.20. The molecule has 3 aromatic rings. The summed E-state index contributed by atoms with van der Waals surface area (Å²) < 4.78 is 10.7. The number of thiophene rings is 1. The zero-order valence-corrected chi connectivity index (χ0v) is 16.6. The van der Waals surface area contributed by atoms with E-state index in [1.165, 1.54) is 28.7 Å². The molecule has 0 saturated carbocycles.